The molecule has 0 spiro atoms. The fourth-order valence-corrected chi connectivity index (χ4v) is 6.10. The van der Waals surface area contributed by atoms with Crippen LogP contribution in [0.15, 0.2) is 47.4 Å². The minimum Gasteiger partial charge on any atom is -0.322 e. The number of benzene rings is 2. The van der Waals surface area contributed by atoms with E-state index in [4.69, 9.17) is 0 Å². The number of piperidine rings is 2. The van der Waals surface area contributed by atoms with Crippen LogP contribution in [-0.2, 0) is 0 Å². The van der Waals surface area contributed by atoms with Crippen LogP contribution in [0.4, 0.5) is 5.69 Å². The molecule has 154 valence electrons. The third-order valence-electron chi connectivity index (χ3n) is 6.67. The molecule has 29 heavy (non-hydrogen) atoms. The summed E-state index contributed by atoms with van der Waals surface area (Å²) in [5.41, 5.74) is 4.01. The van der Waals surface area contributed by atoms with Crippen LogP contribution in [0, 0.1) is 19.8 Å². The van der Waals surface area contributed by atoms with Crippen molar-refractivity contribution >= 4 is 23.4 Å². The highest BCUT2D eigenvalue weighted by Gasteiger charge is 2.33. The summed E-state index contributed by atoms with van der Waals surface area (Å²) in [5, 5.41) is 3.13. The van der Waals surface area contributed by atoms with Crippen LogP contribution >= 0.6 is 11.8 Å². The quantitative estimate of drug-likeness (QED) is 0.624. The van der Waals surface area contributed by atoms with Crippen LogP contribution in [-0.4, -0.2) is 35.7 Å². The fraction of sp³-hybridized carbons (Fsp3) is 0.480. The summed E-state index contributed by atoms with van der Waals surface area (Å²) in [5.74, 6) is 1.84. The van der Waals surface area contributed by atoms with Gasteiger partial charge in [0, 0.05) is 22.4 Å². The average Bonchev–Trinajstić information content (AvgIpc) is 2.75. The molecule has 0 radical (unpaired) electrons. The SMILES string of the molecule is Cc1cccc(NC(=O)c2ccccc2SC[C@@H]2CCCN3CCCC[C@@H]23)c1C. The van der Waals surface area contributed by atoms with Crippen molar-refractivity contribution in [2.24, 2.45) is 5.92 Å². The van der Waals surface area contributed by atoms with Crippen molar-refractivity contribution in [3.8, 4) is 0 Å². The van der Waals surface area contributed by atoms with Gasteiger partial charge in [0.2, 0.25) is 0 Å². The van der Waals surface area contributed by atoms with Gasteiger partial charge in [-0.05, 0) is 87.9 Å². The molecule has 2 fully saturated rings. The molecule has 0 aromatic heterocycles. The van der Waals surface area contributed by atoms with E-state index in [0.29, 0.717) is 0 Å². The van der Waals surface area contributed by atoms with Crippen molar-refractivity contribution in [2.75, 3.05) is 24.2 Å². The van der Waals surface area contributed by atoms with Gasteiger partial charge >= 0.3 is 0 Å². The Morgan fingerprint density at radius 3 is 2.76 bits per heavy atom. The standard InChI is InChI=1S/C25H32N2OS/c1-18-9-7-12-22(19(18)2)26-25(28)21-11-3-4-14-24(21)29-17-20-10-8-16-27-15-6-5-13-23(20)27/h3-4,7,9,11-12,14,20,23H,5-6,8,10,13,15-17H2,1-2H3,(H,26,28)/t20-,23-/m0/s1. The van der Waals surface area contributed by atoms with E-state index in [-0.39, 0.29) is 5.91 Å². The molecule has 1 N–H and O–H groups in total. The Morgan fingerprint density at radius 2 is 1.86 bits per heavy atom. The molecule has 0 unspecified atom stereocenters. The molecule has 2 saturated heterocycles. The van der Waals surface area contributed by atoms with Gasteiger partial charge in [0.05, 0.1) is 5.56 Å². The number of nitrogens with one attached hydrogen (secondary N) is 1. The summed E-state index contributed by atoms with van der Waals surface area (Å²) >= 11 is 1.87. The Kier molecular flexibility index (Phi) is 6.61. The number of anilines is 1. The van der Waals surface area contributed by atoms with Crippen molar-refractivity contribution in [3.63, 3.8) is 0 Å². The Morgan fingerprint density at radius 1 is 1.03 bits per heavy atom. The number of hydrogen-bond acceptors (Lipinski definition) is 3. The Hall–Kier alpha value is -1.78. The zero-order valence-electron chi connectivity index (χ0n) is 17.6. The zero-order chi connectivity index (χ0) is 20.2. The smallest absolute Gasteiger partial charge is 0.256 e. The van der Waals surface area contributed by atoms with Crippen molar-refractivity contribution in [3.05, 3.63) is 59.2 Å². The summed E-state index contributed by atoms with van der Waals surface area (Å²) in [6, 6.07) is 14.9. The molecule has 3 nitrogen and oxygen atoms in total. The number of nitrogens with zero attached hydrogens (tertiary/aromatic N) is 1. The summed E-state index contributed by atoms with van der Waals surface area (Å²) in [6.07, 6.45) is 6.72. The molecule has 0 aliphatic carbocycles. The molecule has 2 heterocycles. The second-order valence-corrected chi connectivity index (χ2v) is 9.57. The van der Waals surface area contributed by atoms with E-state index >= 15 is 0 Å². The molecule has 4 heteroatoms. The number of fused-ring (bicyclic) bond motifs is 1. The average molecular weight is 409 g/mol. The number of carbonyl (C=O) groups excluding carboxylic acids is 1. The molecule has 4 rings (SSSR count). The van der Waals surface area contributed by atoms with Crippen LogP contribution < -0.4 is 5.32 Å². The van der Waals surface area contributed by atoms with Gasteiger partial charge in [-0.3, -0.25) is 4.79 Å². The zero-order valence-corrected chi connectivity index (χ0v) is 18.4. The second kappa shape index (κ2) is 9.36. The summed E-state index contributed by atoms with van der Waals surface area (Å²) in [6.45, 7) is 6.69. The highest BCUT2D eigenvalue weighted by Crippen LogP contribution is 2.35. The highest BCUT2D eigenvalue weighted by molar-refractivity contribution is 7.99. The fourth-order valence-electron chi connectivity index (χ4n) is 4.82. The summed E-state index contributed by atoms with van der Waals surface area (Å²) in [4.78, 5) is 16.9. The largest absolute Gasteiger partial charge is 0.322 e. The van der Waals surface area contributed by atoms with E-state index in [9.17, 15) is 4.79 Å². The van der Waals surface area contributed by atoms with Gasteiger partial charge in [-0.1, -0.05) is 30.7 Å². The maximum Gasteiger partial charge on any atom is 0.256 e. The van der Waals surface area contributed by atoms with E-state index in [1.54, 1.807) is 0 Å². The minimum absolute atomic E-state index is 0.00950. The van der Waals surface area contributed by atoms with E-state index in [1.807, 2.05) is 42.1 Å². The van der Waals surface area contributed by atoms with E-state index < -0.39 is 0 Å². The van der Waals surface area contributed by atoms with Gasteiger partial charge in [0.1, 0.15) is 0 Å². The second-order valence-electron chi connectivity index (χ2n) is 8.51. The number of carbonyl (C=O) groups is 1. The van der Waals surface area contributed by atoms with E-state index in [0.717, 1.165) is 39.4 Å². The van der Waals surface area contributed by atoms with Crippen molar-refractivity contribution in [1.82, 2.24) is 4.90 Å². The maximum atomic E-state index is 13.0. The predicted octanol–water partition coefficient (Wildman–Crippen LogP) is 5.91. The summed E-state index contributed by atoms with van der Waals surface area (Å²) in [7, 11) is 0. The first-order valence-electron chi connectivity index (χ1n) is 11.0. The first-order valence-corrected chi connectivity index (χ1v) is 12.0. The van der Waals surface area contributed by atoms with Crippen LogP contribution in [0.5, 0.6) is 0 Å². The minimum atomic E-state index is -0.00950. The van der Waals surface area contributed by atoms with Crippen molar-refractivity contribution in [2.45, 2.75) is 56.9 Å². The van der Waals surface area contributed by atoms with Crippen LogP contribution in [0.1, 0.15) is 53.6 Å². The van der Waals surface area contributed by atoms with Gasteiger partial charge in [0.25, 0.3) is 5.91 Å². The van der Waals surface area contributed by atoms with Crippen LogP contribution in [0.25, 0.3) is 0 Å². The third-order valence-corrected chi connectivity index (χ3v) is 7.93. The predicted molar refractivity (Wildman–Crippen MR) is 123 cm³/mol. The molecule has 2 atom stereocenters. The Labute approximate surface area is 179 Å². The van der Waals surface area contributed by atoms with Crippen molar-refractivity contribution < 1.29 is 4.79 Å². The number of hydrogen-bond donors (Lipinski definition) is 1. The molecule has 2 aromatic carbocycles. The monoisotopic (exact) mass is 408 g/mol. The topological polar surface area (TPSA) is 32.3 Å². The number of amides is 1. The molecule has 0 saturated carbocycles. The maximum absolute atomic E-state index is 13.0. The lowest BCUT2D eigenvalue weighted by Gasteiger charge is -2.44. The van der Waals surface area contributed by atoms with Crippen LogP contribution in [0.3, 0.4) is 0 Å². The van der Waals surface area contributed by atoms with E-state index in [2.05, 4.69) is 36.2 Å². The molecule has 2 aromatic rings. The molecule has 2 aliphatic heterocycles. The molecular weight excluding hydrogens is 376 g/mol. The molecule has 2 aliphatic rings. The van der Waals surface area contributed by atoms with Gasteiger partial charge in [-0.25, -0.2) is 0 Å². The van der Waals surface area contributed by atoms with E-state index in [1.165, 1.54) is 50.8 Å². The highest BCUT2D eigenvalue weighted by atomic mass is 32.2. The van der Waals surface area contributed by atoms with Crippen LogP contribution in [0.2, 0.25) is 0 Å². The molecular formula is C25H32N2OS. The Bertz CT molecular complexity index is 864. The Balaban J connectivity index is 1.45. The first kappa shape index (κ1) is 20.5. The lowest BCUT2D eigenvalue weighted by Crippen LogP contribution is -2.48. The lowest BCUT2D eigenvalue weighted by molar-refractivity contribution is 0.0693. The number of thioether (sulfide) groups is 1. The number of aryl methyl sites for hydroxylation is 1. The lowest BCUT2D eigenvalue weighted by atomic mass is 9.85. The van der Waals surface area contributed by atoms with Gasteiger partial charge in [-0.2, -0.15) is 0 Å². The first-order chi connectivity index (χ1) is 14.1. The normalized spacial score (nSPS) is 22.1. The van der Waals surface area contributed by atoms with Gasteiger partial charge in [-0.15, -0.1) is 11.8 Å². The van der Waals surface area contributed by atoms with Crippen molar-refractivity contribution in [1.29, 1.82) is 0 Å². The summed E-state index contributed by atoms with van der Waals surface area (Å²) < 4.78 is 0. The molecule has 0 bridgehead atoms. The molecule has 1 amide bonds. The van der Waals surface area contributed by atoms with Gasteiger partial charge in [0.15, 0.2) is 0 Å². The third kappa shape index (κ3) is 4.70. The number of rotatable bonds is 5. The van der Waals surface area contributed by atoms with Gasteiger partial charge < -0.3 is 10.2 Å².